The lowest BCUT2D eigenvalue weighted by molar-refractivity contribution is 0.102. The number of benzene rings is 2. The normalized spacial score (nSPS) is 10.7. The number of fused-ring (bicyclic) bond motifs is 1. The number of methoxy groups -OCH3 is 1. The average molecular weight is 385 g/mol. The summed E-state index contributed by atoms with van der Waals surface area (Å²) in [6.07, 6.45) is 3.19. The van der Waals surface area contributed by atoms with Crippen molar-refractivity contribution in [2.45, 2.75) is 6.92 Å². The van der Waals surface area contributed by atoms with Crippen LogP contribution in [-0.4, -0.2) is 22.6 Å². The van der Waals surface area contributed by atoms with Crippen LogP contribution in [0.5, 0.6) is 5.75 Å². The Morgan fingerprint density at radius 3 is 2.41 bits per heavy atom. The fourth-order valence-corrected chi connectivity index (χ4v) is 3.20. The van der Waals surface area contributed by atoms with E-state index in [1.807, 2.05) is 25.1 Å². The van der Waals surface area contributed by atoms with Gasteiger partial charge in [0.05, 0.1) is 12.7 Å². The number of aromatic nitrogens is 2. The minimum absolute atomic E-state index is 0.198. The molecule has 2 heterocycles. The minimum atomic E-state index is -0.328. The molecule has 4 rings (SSSR count). The number of ether oxygens (including phenoxy) is 1. The molecular weight excluding hydrogens is 366 g/mol. The number of aryl methyl sites for hydroxylation is 1. The third-order valence-corrected chi connectivity index (χ3v) is 4.76. The van der Waals surface area contributed by atoms with Gasteiger partial charge in [0.1, 0.15) is 11.6 Å². The van der Waals surface area contributed by atoms with Crippen molar-refractivity contribution >= 4 is 22.5 Å². The van der Waals surface area contributed by atoms with Crippen molar-refractivity contribution in [3.63, 3.8) is 0 Å². The van der Waals surface area contributed by atoms with E-state index in [1.54, 1.807) is 62.0 Å². The van der Waals surface area contributed by atoms with Gasteiger partial charge < -0.3 is 10.1 Å². The molecule has 0 bridgehead atoms. The molecule has 0 fully saturated rings. The van der Waals surface area contributed by atoms with Crippen LogP contribution in [0, 0.1) is 6.92 Å². The van der Waals surface area contributed by atoms with Crippen molar-refractivity contribution in [3.05, 3.63) is 94.5 Å². The Morgan fingerprint density at radius 1 is 1.00 bits per heavy atom. The molecule has 0 atom stereocenters. The number of rotatable bonds is 4. The summed E-state index contributed by atoms with van der Waals surface area (Å²) in [5.74, 6) is 0.847. The fourth-order valence-electron chi connectivity index (χ4n) is 3.20. The van der Waals surface area contributed by atoms with Crippen molar-refractivity contribution in [1.82, 2.24) is 9.55 Å². The second kappa shape index (κ2) is 7.59. The molecule has 1 amide bonds. The van der Waals surface area contributed by atoms with Crippen LogP contribution in [0.25, 0.3) is 16.5 Å². The zero-order valence-corrected chi connectivity index (χ0v) is 16.0. The minimum Gasteiger partial charge on any atom is -0.497 e. The van der Waals surface area contributed by atoms with E-state index in [4.69, 9.17) is 4.74 Å². The second-order valence-corrected chi connectivity index (χ2v) is 6.58. The van der Waals surface area contributed by atoms with Gasteiger partial charge in [-0.2, -0.15) is 0 Å². The van der Waals surface area contributed by atoms with Crippen molar-refractivity contribution in [1.29, 1.82) is 0 Å². The van der Waals surface area contributed by atoms with Crippen molar-refractivity contribution < 1.29 is 9.53 Å². The Kier molecular flexibility index (Phi) is 4.83. The molecule has 0 aliphatic heterocycles. The van der Waals surface area contributed by atoms with E-state index in [-0.39, 0.29) is 11.5 Å². The molecule has 0 saturated carbocycles. The zero-order valence-electron chi connectivity index (χ0n) is 16.0. The second-order valence-electron chi connectivity index (χ2n) is 6.58. The first-order chi connectivity index (χ1) is 14.1. The van der Waals surface area contributed by atoms with Crippen molar-refractivity contribution in [2.75, 3.05) is 12.4 Å². The first-order valence-electron chi connectivity index (χ1n) is 9.10. The van der Waals surface area contributed by atoms with Crippen LogP contribution in [-0.2, 0) is 0 Å². The van der Waals surface area contributed by atoms with Gasteiger partial charge in [-0.1, -0.05) is 24.3 Å². The third-order valence-electron chi connectivity index (χ3n) is 4.76. The van der Waals surface area contributed by atoms with Gasteiger partial charge in [0.25, 0.3) is 11.5 Å². The summed E-state index contributed by atoms with van der Waals surface area (Å²) < 4.78 is 6.66. The molecule has 6 heteroatoms. The van der Waals surface area contributed by atoms with Gasteiger partial charge in [-0.3, -0.25) is 14.2 Å². The molecular formula is C23H19N3O3. The molecule has 1 N–H and O–H groups in total. The Bertz CT molecular complexity index is 1260. The third kappa shape index (κ3) is 3.48. The van der Waals surface area contributed by atoms with Gasteiger partial charge in [-0.25, -0.2) is 4.98 Å². The Morgan fingerprint density at radius 2 is 1.72 bits per heavy atom. The summed E-state index contributed by atoms with van der Waals surface area (Å²) in [4.78, 5) is 30.4. The van der Waals surface area contributed by atoms with Gasteiger partial charge in [0.2, 0.25) is 0 Å². The number of nitrogens with zero attached hydrogens (tertiary/aromatic N) is 2. The highest BCUT2D eigenvalue weighted by Crippen LogP contribution is 2.21. The molecule has 0 spiro atoms. The number of hydrogen-bond acceptors (Lipinski definition) is 4. The molecule has 0 saturated heterocycles. The summed E-state index contributed by atoms with van der Waals surface area (Å²) >= 11 is 0. The standard InChI is InChI=1S/C23H19N3O3/c1-15-6-5-13-24-21(15)25-22(27)20-14-26(16-9-11-17(29-2)12-10-16)23(28)19-8-4-3-7-18(19)20/h3-14H,1-2H3,(H,24,25,27). The SMILES string of the molecule is COc1ccc(-n2cc(C(=O)Nc3ncccc3C)c3ccccc3c2=O)cc1. The number of carbonyl (C=O) groups excluding carboxylic acids is 1. The fraction of sp³-hybridized carbons (Fsp3) is 0.0870. The Balaban J connectivity index is 1.86. The first kappa shape index (κ1) is 18.4. The highest BCUT2D eigenvalue weighted by molar-refractivity contribution is 6.12. The van der Waals surface area contributed by atoms with E-state index in [0.717, 1.165) is 5.56 Å². The largest absolute Gasteiger partial charge is 0.497 e. The summed E-state index contributed by atoms with van der Waals surface area (Å²) in [6, 6.07) is 17.9. The molecule has 2 aromatic carbocycles. The lowest BCUT2D eigenvalue weighted by Crippen LogP contribution is -2.23. The number of anilines is 1. The van der Waals surface area contributed by atoms with E-state index in [1.165, 1.54) is 4.57 Å². The summed E-state index contributed by atoms with van der Waals surface area (Å²) in [5.41, 5.74) is 1.69. The number of pyridine rings is 2. The van der Waals surface area contributed by atoms with Gasteiger partial charge >= 0.3 is 0 Å². The molecule has 0 radical (unpaired) electrons. The molecule has 144 valence electrons. The van der Waals surface area contributed by atoms with Crippen LogP contribution in [0.4, 0.5) is 5.82 Å². The van der Waals surface area contributed by atoms with Crippen molar-refractivity contribution in [2.24, 2.45) is 0 Å². The van der Waals surface area contributed by atoms with Gasteiger partial charge in [0.15, 0.2) is 0 Å². The van der Waals surface area contributed by atoms with E-state index in [9.17, 15) is 9.59 Å². The number of carbonyl (C=O) groups is 1. The summed E-state index contributed by atoms with van der Waals surface area (Å²) in [5, 5.41) is 3.91. The smallest absolute Gasteiger partial charge is 0.262 e. The van der Waals surface area contributed by atoms with Crippen LogP contribution < -0.4 is 15.6 Å². The summed E-state index contributed by atoms with van der Waals surface area (Å²) in [7, 11) is 1.58. The quantitative estimate of drug-likeness (QED) is 0.577. The Labute approximate surface area is 167 Å². The van der Waals surface area contributed by atoms with Crippen LogP contribution in [0.15, 0.2) is 77.9 Å². The molecule has 0 unspecified atom stereocenters. The molecule has 6 nitrogen and oxygen atoms in total. The number of amides is 1. The maximum atomic E-state index is 13.1. The van der Waals surface area contributed by atoms with Crippen LogP contribution in [0.3, 0.4) is 0 Å². The first-order valence-corrected chi connectivity index (χ1v) is 9.10. The lowest BCUT2D eigenvalue weighted by Gasteiger charge is -2.13. The lowest BCUT2D eigenvalue weighted by atomic mass is 10.1. The Hall–Kier alpha value is -3.93. The molecule has 0 aliphatic rings. The monoisotopic (exact) mass is 385 g/mol. The van der Waals surface area contributed by atoms with Crippen LogP contribution >= 0.6 is 0 Å². The van der Waals surface area contributed by atoms with E-state index < -0.39 is 0 Å². The van der Waals surface area contributed by atoms with Gasteiger partial charge in [-0.15, -0.1) is 0 Å². The highest BCUT2D eigenvalue weighted by atomic mass is 16.5. The molecule has 4 aromatic rings. The van der Waals surface area contributed by atoms with Crippen LogP contribution in [0.2, 0.25) is 0 Å². The number of nitrogens with one attached hydrogen (secondary N) is 1. The molecule has 2 aromatic heterocycles. The highest BCUT2D eigenvalue weighted by Gasteiger charge is 2.16. The van der Waals surface area contributed by atoms with Crippen molar-refractivity contribution in [3.8, 4) is 11.4 Å². The molecule has 29 heavy (non-hydrogen) atoms. The zero-order chi connectivity index (χ0) is 20.4. The maximum absolute atomic E-state index is 13.1. The average Bonchev–Trinajstić information content (AvgIpc) is 2.76. The predicted molar refractivity (Wildman–Crippen MR) is 113 cm³/mol. The van der Waals surface area contributed by atoms with Crippen LogP contribution in [0.1, 0.15) is 15.9 Å². The summed E-state index contributed by atoms with van der Waals surface area (Å²) in [6.45, 7) is 1.87. The van der Waals surface area contributed by atoms with Gasteiger partial charge in [0, 0.05) is 28.9 Å². The number of hydrogen-bond donors (Lipinski definition) is 1. The van der Waals surface area contributed by atoms with E-state index >= 15 is 0 Å². The molecule has 0 aliphatic carbocycles. The topological polar surface area (TPSA) is 73.2 Å². The van der Waals surface area contributed by atoms with Gasteiger partial charge in [-0.05, 0) is 48.9 Å². The van der Waals surface area contributed by atoms with E-state index in [0.29, 0.717) is 33.6 Å². The maximum Gasteiger partial charge on any atom is 0.262 e. The van der Waals surface area contributed by atoms with E-state index in [2.05, 4.69) is 10.3 Å². The predicted octanol–water partition coefficient (Wildman–Crippen LogP) is 3.96.